The second-order valence-corrected chi connectivity index (χ2v) is 5.68. The van der Waals surface area contributed by atoms with Crippen LogP contribution in [0.25, 0.3) is 0 Å². The molecule has 1 heterocycles. The number of aliphatic carboxylic acids is 1. The Morgan fingerprint density at radius 2 is 1.95 bits per heavy atom. The van der Waals surface area contributed by atoms with Crippen LogP contribution >= 0.6 is 0 Å². The number of rotatable bonds is 9. The SMILES string of the molecule is C/C(=C\COC1CCCCO1)CCC/C(C)=C/CC(=O)O. The Bertz CT molecular complexity index is 365. The highest BCUT2D eigenvalue weighted by molar-refractivity contribution is 5.68. The van der Waals surface area contributed by atoms with Crippen LogP contribution in [0.4, 0.5) is 0 Å². The third kappa shape index (κ3) is 9.43. The molecule has 1 aliphatic heterocycles. The summed E-state index contributed by atoms with van der Waals surface area (Å²) >= 11 is 0. The van der Waals surface area contributed by atoms with Gasteiger partial charge in [-0.15, -0.1) is 0 Å². The fraction of sp³-hybridized carbons (Fsp3) is 0.706. The Hall–Kier alpha value is -1.13. The lowest BCUT2D eigenvalue weighted by Gasteiger charge is -2.22. The summed E-state index contributed by atoms with van der Waals surface area (Å²) in [6.07, 6.45) is 10.4. The predicted octanol–water partition coefficient (Wildman–Crippen LogP) is 4.07. The maximum absolute atomic E-state index is 10.5. The van der Waals surface area contributed by atoms with E-state index in [1.165, 1.54) is 12.0 Å². The predicted molar refractivity (Wildman–Crippen MR) is 83.2 cm³/mol. The molecular weight excluding hydrogens is 268 g/mol. The van der Waals surface area contributed by atoms with Crippen molar-refractivity contribution in [2.24, 2.45) is 0 Å². The maximum atomic E-state index is 10.5. The number of ether oxygens (including phenoxy) is 2. The van der Waals surface area contributed by atoms with Gasteiger partial charge in [0.1, 0.15) is 0 Å². The van der Waals surface area contributed by atoms with Crippen molar-refractivity contribution in [1.82, 2.24) is 0 Å². The molecule has 0 saturated carbocycles. The van der Waals surface area contributed by atoms with Gasteiger partial charge in [-0.2, -0.15) is 0 Å². The molecule has 1 aliphatic rings. The molecule has 0 amide bonds. The number of hydrogen-bond acceptors (Lipinski definition) is 3. The van der Waals surface area contributed by atoms with Gasteiger partial charge in [-0.05, 0) is 52.4 Å². The second kappa shape index (κ2) is 10.6. The van der Waals surface area contributed by atoms with E-state index >= 15 is 0 Å². The van der Waals surface area contributed by atoms with Crippen LogP contribution in [-0.2, 0) is 14.3 Å². The molecule has 0 bridgehead atoms. The van der Waals surface area contributed by atoms with E-state index in [0.717, 1.165) is 44.3 Å². The normalized spacial score (nSPS) is 20.6. The van der Waals surface area contributed by atoms with Gasteiger partial charge < -0.3 is 14.6 Å². The highest BCUT2D eigenvalue weighted by Crippen LogP contribution is 2.15. The number of carboxylic acid groups (broad SMARTS) is 1. The van der Waals surface area contributed by atoms with E-state index in [2.05, 4.69) is 13.0 Å². The first-order valence-corrected chi connectivity index (χ1v) is 7.84. The minimum Gasteiger partial charge on any atom is -0.481 e. The van der Waals surface area contributed by atoms with Crippen LogP contribution in [0.2, 0.25) is 0 Å². The first-order chi connectivity index (χ1) is 10.1. The smallest absolute Gasteiger partial charge is 0.307 e. The van der Waals surface area contributed by atoms with Gasteiger partial charge in [-0.25, -0.2) is 0 Å². The summed E-state index contributed by atoms with van der Waals surface area (Å²) in [6, 6.07) is 0. The van der Waals surface area contributed by atoms with Crippen LogP contribution in [-0.4, -0.2) is 30.6 Å². The van der Waals surface area contributed by atoms with Crippen molar-refractivity contribution < 1.29 is 19.4 Å². The largest absolute Gasteiger partial charge is 0.481 e. The molecule has 1 fully saturated rings. The fourth-order valence-electron chi connectivity index (χ4n) is 2.25. The summed E-state index contributed by atoms with van der Waals surface area (Å²) in [5.41, 5.74) is 2.47. The van der Waals surface area contributed by atoms with E-state index in [1.807, 2.05) is 6.92 Å². The molecule has 4 heteroatoms. The van der Waals surface area contributed by atoms with Crippen molar-refractivity contribution in [1.29, 1.82) is 0 Å². The molecule has 0 spiro atoms. The number of carbonyl (C=O) groups is 1. The van der Waals surface area contributed by atoms with Gasteiger partial charge in [-0.1, -0.05) is 23.3 Å². The van der Waals surface area contributed by atoms with Gasteiger partial charge in [0, 0.05) is 6.61 Å². The summed E-state index contributed by atoms with van der Waals surface area (Å²) in [4.78, 5) is 10.5. The molecule has 120 valence electrons. The summed E-state index contributed by atoms with van der Waals surface area (Å²) in [5, 5.41) is 8.60. The van der Waals surface area contributed by atoms with Gasteiger partial charge in [-0.3, -0.25) is 4.79 Å². The van der Waals surface area contributed by atoms with E-state index in [1.54, 1.807) is 6.08 Å². The third-order valence-corrected chi connectivity index (χ3v) is 3.62. The molecule has 0 aliphatic carbocycles. The Morgan fingerprint density at radius 1 is 1.24 bits per heavy atom. The molecule has 0 aromatic rings. The summed E-state index contributed by atoms with van der Waals surface area (Å²) < 4.78 is 11.2. The van der Waals surface area contributed by atoms with Crippen molar-refractivity contribution in [3.05, 3.63) is 23.3 Å². The summed E-state index contributed by atoms with van der Waals surface area (Å²) in [7, 11) is 0. The monoisotopic (exact) mass is 296 g/mol. The minimum absolute atomic E-state index is 0.0241. The molecule has 4 nitrogen and oxygen atoms in total. The Labute approximate surface area is 127 Å². The maximum Gasteiger partial charge on any atom is 0.307 e. The van der Waals surface area contributed by atoms with Crippen LogP contribution in [0, 0.1) is 0 Å². The lowest BCUT2D eigenvalue weighted by Crippen LogP contribution is -2.22. The van der Waals surface area contributed by atoms with Crippen molar-refractivity contribution >= 4 is 5.97 Å². The van der Waals surface area contributed by atoms with E-state index in [9.17, 15) is 4.79 Å². The van der Waals surface area contributed by atoms with Crippen LogP contribution in [0.15, 0.2) is 23.3 Å². The molecule has 0 aromatic heterocycles. The van der Waals surface area contributed by atoms with E-state index in [4.69, 9.17) is 14.6 Å². The zero-order chi connectivity index (χ0) is 15.5. The molecular formula is C17H28O4. The van der Waals surface area contributed by atoms with E-state index in [-0.39, 0.29) is 12.7 Å². The summed E-state index contributed by atoms with van der Waals surface area (Å²) in [6.45, 7) is 5.53. The lowest BCUT2D eigenvalue weighted by molar-refractivity contribution is -0.155. The zero-order valence-corrected chi connectivity index (χ0v) is 13.3. The first-order valence-electron chi connectivity index (χ1n) is 7.84. The van der Waals surface area contributed by atoms with Crippen molar-refractivity contribution in [2.75, 3.05) is 13.2 Å². The Morgan fingerprint density at radius 3 is 2.57 bits per heavy atom. The standard InChI is InChI=1S/C17H28O4/c1-14(9-10-16(18)19)6-5-7-15(2)11-13-21-17-8-3-4-12-20-17/h9,11,17H,3-8,10,12-13H2,1-2H3,(H,18,19)/b14-9+,15-11+. The van der Waals surface area contributed by atoms with Gasteiger partial charge >= 0.3 is 5.97 Å². The molecule has 1 saturated heterocycles. The average Bonchev–Trinajstić information content (AvgIpc) is 2.46. The van der Waals surface area contributed by atoms with Crippen LogP contribution in [0.3, 0.4) is 0 Å². The van der Waals surface area contributed by atoms with Crippen LogP contribution in [0.5, 0.6) is 0 Å². The number of carboxylic acids is 1. The van der Waals surface area contributed by atoms with Crippen molar-refractivity contribution in [3.63, 3.8) is 0 Å². The Balaban J connectivity index is 2.11. The minimum atomic E-state index is -0.771. The topological polar surface area (TPSA) is 55.8 Å². The highest BCUT2D eigenvalue weighted by atomic mass is 16.7. The zero-order valence-electron chi connectivity index (χ0n) is 13.3. The average molecular weight is 296 g/mol. The van der Waals surface area contributed by atoms with Gasteiger partial charge in [0.05, 0.1) is 13.0 Å². The molecule has 1 rings (SSSR count). The first kappa shape index (κ1) is 17.9. The number of allylic oxidation sites excluding steroid dienone is 2. The van der Waals surface area contributed by atoms with Crippen molar-refractivity contribution in [3.8, 4) is 0 Å². The highest BCUT2D eigenvalue weighted by Gasteiger charge is 2.12. The van der Waals surface area contributed by atoms with Crippen LogP contribution in [0.1, 0.15) is 58.8 Å². The van der Waals surface area contributed by atoms with Crippen LogP contribution < -0.4 is 0 Å². The van der Waals surface area contributed by atoms with Gasteiger partial charge in [0.2, 0.25) is 0 Å². The summed E-state index contributed by atoms with van der Waals surface area (Å²) in [5.74, 6) is -0.771. The molecule has 0 radical (unpaired) electrons. The molecule has 0 aromatic carbocycles. The second-order valence-electron chi connectivity index (χ2n) is 5.68. The molecule has 1 N–H and O–H groups in total. The van der Waals surface area contributed by atoms with Crippen molar-refractivity contribution in [2.45, 2.75) is 65.1 Å². The lowest BCUT2D eigenvalue weighted by atomic mass is 10.1. The fourth-order valence-corrected chi connectivity index (χ4v) is 2.25. The molecule has 1 unspecified atom stereocenters. The molecule has 1 atom stereocenters. The molecule has 21 heavy (non-hydrogen) atoms. The van der Waals surface area contributed by atoms with E-state index < -0.39 is 5.97 Å². The van der Waals surface area contributed by atoms with Gasteiger partial charge in [0.25, 0.3) is 0 Å². The van der Waals surface area contributed by atoms with E-state index in [0.29, 0.717) is 6.61 Å². The quantitative estimate of drug-likeness (QED) is 0.652. The van der Waals surface area contributed by atoms with Gasteiger partial charge in [0.15, 0.2) is 6.29 Å². The number of hydrogen-bond donors (Lipinski definition) is 1. The third-order valence-electron chi connectivity index (χ3n) is 3.62. The Kier molecular flexibility index (Phi) is 9.02.